The van der Waals surface area contributed by atoms with Gasteiger partial charge in [-0.05, 0) is 44.3 Å². The molecular weight excluding hydrogens is 279 g/mol. The van der Waals surface area contributed by atoms with Crippen molar-refractivity contribution in [3.05, 3.63) is 71.0 Å². The van der Waals surface area contributed by atoms with Crippen LogP contribution in [-0.4, -0.2) is 31.4 Å². The Morgan fingerprint density at radius 3 is 2.45 bits per heavy atom. The Kier molecular flexibility index (Phi) is 5.28. The Morgan fingerprint density at radius 1 is 1.18 bits per heavy atom. The number of hydrogen-bond acceptors (Lipinski definition) is 2. The van der Waals surface area contributed by atoms with Gasteiger partial charge in [0.15, 0.2) is 0 Å². The molecule has 0 aromatic heterocycles. The molecule has 2 rings (SSSR count). The van der Waals surface area contributed by atoms with E-state index in [2.05, 4.69) is 5.32 Å². The van der Waals surface area contributed by atoms with E-state index < -0.39 is 0 Å². The molecule has 2 aromatic carbocycles. The largest absolute Gasteiger partial charge is 0.344 e. The predicted octanol–water partition coefficient (Wildman–Crippen LogP) is 3.17. The number of carbonyl (C=O) groups is 1. The first-order valence-electron chi connectivity index (χ1n) is 7.24. The molecule has 0 bridgehead atoms. The highest BCUT2D eigenvalue weighted by atomic mass is 19.1. The van der Waals surface area contributed by atoms with Crippen molar-refractivity contribution >= 4 is 5.91 Å². The van der Waals surface area contributed by atoms with Gasteiger partial charge in [0.2, 0.25) is 0 Å². The molecule has 4 heteroatoms. The number of rotatable bonds is 5. The summed E-state index contributed by atoms with van der Waals surface area (Å²) >= 11 is 0. The number of amides is 1. The second-order valence-electron chi connectivity index (χ2n) is 5.66. The quantitative estimate of drug-likeness (QED) is 0.920. The van der Waals surface area contributed by atoms with Crippen LogP contribution >= 0.6 is 0 Å². The molecule has 1 N–H and O–H groups in total. The first kappa shape index (κ1) is 16.2. The van der Waals surface area contributed by atoms with Gasteiger partial charge >= 0.3 is 0 Å². The number of likely N-dealkylation sites (N-methyl/N-ethyl adjacent to an activating group) is 1. The van der Waals surface area contributed by atoms with E-state index in [1.165, 1.54) is 6.07 Å². The number of benzene rings is 2. The molecule has 2 aromatic rings. The molecule has 0 saturated carbocycles. The molecule has 0 heterocycles. The van der Waals surface area contributed by atoms with Gasteiger partial charge in [-0.1, -0.05) is 36.4 Å². The summed E-state index contributed by atoms with van der Waals surface area (Å²) in [5, 5.41) is 2.98. The van der Waals surface area contributed by atoms with Gasteiger partial charge in [0, 0.05) is 12.1 Å². The summed E-state index contributed by atoms with van der Waals surface area (Å²) in [5.74, 6) is -0.633. The van der Waals surface area contributed by atoms with Gasteiger partial charge in [0.05, 0.1) is 6.04 Å². The number of nitrogens with one attached hydrogen (secondary N) is 1. The predicted molar refractivity (Wildman–Crippen MR) is 86.3 cm³/mol. The number of carbonyl (C=O) groups excluding carboxylic acids is 1. The maximum atomic E-state index is 13.6. The lowest BCUT2D eigenvalue weighted by Gasteiger charge is -2.23. The van der Waals surface area contributed by atoms with Gasteiger partial charge in [-0.2, -0.15) is 0 Å². The molecule has 116 valence electrons. The van der Waals surface area contributed by atoms with Gasteiger partial charge in [-0.3, -0.25) is 4.79 Å². The van der Waals surface area contributed by atoms with Crippen molar-refractivity contribution in [3.63, 3.8) is 0 Å². The molecule has 22 heavy (non-hydrogen) atoms. The molecule has 3 nitrogen and oxygen atoms in total. The van der Waals surface area contributed by atoms with Crippen molar-refractivity contribution in [1.82, 2.24) is 10.2 Å². The van der Waals surface area contributed by atoms with Crippen LogP contribution in [0.5, 0.6) is 0 Å². The maximum absolute atomic E-state index is 13.6. The van der Waals surface area contributed by atoms with Crippen LogP contribution in [0.15, 0.2) is 48.5 Å². The van der Waals surface area contributed by atoms with E-state index in [-0.39, 0.29) is 17.8 Å². The third-order valence-electron chi connectivity index (χ3n) is 3.49. The molecule has 0 saturated heterocycles. The van der Waals surface area contributed by atoms with E-state index in [0.717, 1.165) is 5.56 Å². The monoisotopic (exact) mass is 300 g/mol. The first-order valence-corrected chi connectivity index (χ1v) is 7.24. The number of halogens is 1. The van der Waals surface area contributed by atoms with Crippen LogP contribution in [0.4, 0.5) is 4.39 Å². The number of nitrogens with zero attached hydrogens (tertiary/aromatic N) is 1. The Bertz CT molecular complexity index is 641. The van der Waals surface area contributed by atoms with Crippen molar-refractivity contribution < 1.29 is 9.18 Å². The van der Waals surface area contributed by atoms with Crippen molar-refractivity contribution in [2.75, 3.05) is 20.6 Å². The van der Waals surface area contributed by atoms with E-state index in [1.807, 2.05) is 49.3 Å². The summed E-state index contributed by atoms with van der Waals surface area (Å²) in [7, 11) is 3.90. The summed E-state index contributed by atoms with van der Waals surface area (Å²) in [6.07, 6.45) is 0. The Hall–Kier alpha value is -2.20. The number of aryl methyl sites for hydroxylation is 1. The molecule has 0 fully saturated rings. The molecule has 0 radical (unpaired) electrons. The van der Waals surface area contributed by atoms with Crippen LogP contribution in [0, 0.1) is 12.7 Å². The van der Waals surface area contributed by atoms with Crippen molar-refractivity contribution in [2.24, 2.45) is 0 Å². The Morgan fingerprint density at radius 2 is 1.86 bits per heavy atom. The van der Waals surface area contributed by atoms with Crippen LogP contribution in [0.25, 0.3) is 0 Å². The smallest absolute Gasteiger partial charge is 0.251 e. The second-order valence-corrected chi connectivity index (χ2v) is 5.66. The third kappa shape index (κ3) is 4.15. The lowest BCUT2D eigenvalue weighted by molar-refractivity contribution is 0.0929. The summed E-state index contributed by atoms with van der Waals surface area (Å²) in [5.41, 5.74) is 1.89. The summed E-state index contributed by atoms with van der Waals surface area (Å²) in [4.78, 5) is 14.4. The fourth-order valence-corrected chi connectivity index (χ4v) is 2.26. The third-order valence-corrected chi connectivity index (χ3v) is 3.49. The molecule has 0 spiro atoms. The topological polar surface area (TPSA) is 32.3 Å². The molecular formula is C18H21FN2O. The summed E-state index contributed by atoms with van der Waals surface area (Å²) in [6, 6.07) is 14.2. The zero-order chi connectivity index (χ0) is 16.1. The highest BCUT2D eigenvalue weighted by Gasteiger charge is 2.17. The van der Waals surface area contributed by atoms with E-state index in [0.29, 0.717) is 17.7 Å². The highest BCUT2D eigenvalue weighted by molar-refractivity contribution is 5.94. The van der Waals surface area contributed by atoms with Gasteiger partial charge in [-0.15, -0.1) is 0 Å². The van der Waals surface area contributed by atoms with E-state index in [1.54, 1.807) is 19.1 Å². The fraction of sp³-hybridized carbons (Fsp3) is 0.278. The molecule has 0 aliphatic heterocycles. The van der Waals surface area contributed by atoms with Gasteiger partial charge in [-0.25, -0.2) is 4.39 Å². The van der Waals surface area contributed by atoms with E-state index in [9.17, 15) is 9.18 Å². The average molecular weight is 300 g/mol. The SMILES string of the molecule is Cc1ccc(C(=O)NC(CN(C)C)c2ccccc2)cc1F. The minimum absolute atomic E-state index is 0.145. The average Bonchev–Trinajstić information content (AvgIpc) is 2.49. The minimum Gasteiger partial charge on any atom is -0.344 e. The molecule has 1 atom stereocenters. The van der Waals surface area contributed by atoms with Crippen molar-refractivity contribution in [2.45, 2.75) is 13.0 Å². The Labute approximate surface area is 130 Å². The van der Waals surface area contributed by atoms with Gasteiger partial charge in [0.1, 0.15) is 5.82 Å². The lowest BCUT2D eigenvalue weighted by Crippen LogP contribution is -2.35. The van der Waals surface area contributed by atoms with Crippen LogP contribution in [0.3, 0.4) is 0 Å². The lowest BCUT2D eigenvalue weighted by atomic mass is 10.1. The van der Waals surface area contributed by atoms with Crippen molar-refractivity contribution in [3.8, 4) is 0 Å². The fourth-order valence-electron chi connectivity index (χ4n) is 2.26. The van der Waals surface area contributed by atoms with Crippen molar-refractivity contribution in [1.29, 1.82) is 0 Å². The van der Waals surface area contributed by atoms with Gasteiger partial charge < -0.3 is 10.2 Å². The zero-order valence-electron chi connectivity index (χ0n) is 13.1. The van der Waals surface area contributed by atoms with Crippen LogP contribution in [0.1, 0.15) is 27.5 Å². The highest BCUT2D eigenvalue weighted by Crippen LogP contribution is 2.15. The standard InChI is InChI=1S/C18H21FN2O/c1-13-9-10-15(11-16(13)19)18(22)20-17(12-21(2)3)14-7-5-4-6-8-14/h4-11,17H,12H2,1-3H3,(H,20,22). The molecule has 0 aliphatic rings. The van der Waals surface area contributed by atoms with E-state index in [4.69, 9.17) is 0 Å². The second kappa shape index (κ2) is 7.18. The summed E-state index contributed by atoms with van der Waals surface area (Å²) < 4.78 is 13.6. The zero-order valence-corrected chi connectivity index (χ0v) is 13.1. The molecule has 1 unspecified atom stereocenters. The van der Waals surface area contributed by atoms with E-state index >= 15 is 0 Å². The first-order chi connectivity index (χ1) is 10.5. The van der Waals surface area contributed by atoms with Crippen LogP contribution in [0.2, 0.25) is 0 Å². The molecule has 0 aliphatic carbocycles. The maximum Gasteiger partial charge on any atom is 0.251 e. The number of hydrogen-bond donors (Lipinski definition) is 1. The normalized spacial score (nSPS) is 12.2. The summed E-state index contributed by atoms with van der Waals surface area (Å²) in [6.45, 7) is 2.35. The molecule has 1 amide bonds. The van der Waals surface area contributed by atoms with Crippen LogP contribution in [-0.2, 0) is 0 Å². The van der Waals surface area contributed by atoms with Gasteiger partial charge in [0.25, 0.3) is 5.91 Å². The van der Waals surface area contributed by atoms with Crippen LogP contribution < -0.4 is 5.32 Å². The minimum atomic E-state index is -0.364. The Balaban J connectivity index is 2.19.